The first-order chi connectivity index (χ1) is 10.6. The van der Waals surface area contributed by atoms with E-state index in [2.05, 4.69) is 25.8 Å². The molecule has 116 valence electrons. The van der Waals surface area contributed by atoms with Crippen LogP contribution in [0.2, 0.25) is 10.0 Å². The maximum atomic E-state index is 5.97. The van der Waals surface area contributed by atoms with Crippen LogP contribution < -0.4 is 4.90 Å². The zero-order chi connectivity index (χ0) is 15.5. The summed E-state index contributed by atoms with van der Waals surface area (Å²) in [6, 6.07) is 7.12. The molecule has 0 amide bonds. The van der Waals surface area contributed by atoms with E-state index in [0.717, 1.165) is 29.1 Å². The molecular formula is C15H13BrCl2N2O2. The van der Waals surface area contributed by atoms with Gasteiger partial charge in [0, 0.05) is 19.2 Å². The third-order valence-electron chi connectivity index (χ3n) is 3.23. The number of hydrogen-bond acceptors (Lipinski definition) is 4. The van der Waals surface area contributed by atoms with Crippen LogP contribution >= 0.6 is 39.1 Å². The highest BCUT2D eigenvalue weighted by molar-refractivity contribution is 9.10. The monoisotopic (exact) mass is 402 g/mol. The Labute approximate surface area is 146 Å². The Bertz CT molecular complexity index is 697. The van der Waals surface area contributed by atoms with Gasteiger partial charge in [0.25, 0.3) is 0 Å². The van der Waals surface area contributed by atoms with E-state index >= 15 is 0 Å². The molecule has 7 heteroatoms. The summed E-state index contributed by atoms with van der Waals surface area (Å²) < 4.78 is 12.1. The van der Waals surface area contributed by atoms with Gasteiger partial charge in [-0.3, -0.25) is 4.99 Å². The van der Waals surface area contributed by atoms with Gasteiger partial charge in [0.2, 0.25) is 5.88 Å². The molecule has 1 aromatic carbocycles. The average Bonchev–Trinajstić information content (AvgIpc) is 2.90. The first kappa shape index (κ1) is 15.9. The zero-order valence-corrected chi connectivity index (χ0v) is 14.7. The van der Waals surface area contributed by atoms with Crippen molar-refractivity contribution in [2.24, 2.45) is 4.99 Å². The highest BCUT2D eigenvalue weighted by atomic mass is 79.9. The highest BCUT2D eigenvalue weighted by Gasteiger charge is 2.18. The lowest BCUT2D eigenvalue weighted by molar-refractivity contribution is 0.120. The van der Waals surface area contributed by atoms with Crippen molar-refractivity contribution in [3.05, 3.63) is 44.5 Å². The lowest BCUT2D eigenvalue weighted by Crippen LogP contribution is -2.36. The Hall–Kier alpha value is -1.01. The number of benzene rings is 1. The Balaban J connectivity index is 1.77. The Morgan fingerprint density at radius 1 is 1.14 bits per heavy atom. The van der Waals surface area contributed by atoms with Gasteiger partial charge in [-0.15, -0.1) is 0 Å². The van der Waals surface area contributed by atoms with E-state index in [-0.39, 0.29) is 0 Å². The van der Waals surface area contributed by atoms with Crippen molar-refractivity contribution in [3.63, 3.8) is 0 Å². The quantitative estimate of drug-likeness (QED) is 0.681. The number of anilines is 1. The lowest BCUT2D eigenvalue weighted by atomic mass is 10.3. The van der Waals surface area contributed by atoms with Crippen LogP contribution in [0.5, 0.6) is 0 Å². The molecule has 2 heterocycles. The highest BCUT2D eigenvalue weighted by Crippen LogP contribution is 2.31. The molecule has 22 heavy (non-hydrogen) atoms. The number of nitrogens with zero attached hydrogens (tertiary/aromatic N) is 2. The van der Waals surface area contributed by atoms with Gasteiger partial charge in [0.05, 0.1) is 39.6 Å². The molecule has 1 aliphatic heterocycles. The molecular weight excluding hydrogens is 391 g/mol. The van der Waals surface area contributed by atoms with Crippen LogP contribution in [0.3, 0.4) is 0 Å². The Morgan fingerprint density at radius 3 is 2.64 bits per heavy atom. The molecule has 0 N–H and O–H groups in total. The molecule has 4 nitrogen and oxygen atoms in total. The normalized spacial score (nSPS) is 15.7. The third-order valence-corrected chi connectivity index (χ3v) is 4.54. The molecule has 0 aliphatic carbocycles. The van der Waals surface area contributed by atoms with Crippen molar-refractivity contribution in [2.45, 2.75) is 0 Å². The van der Waals surface area contributed by atoms with Crippen LogP contribution in [0.1, 0.15) is 5.76 Å². The van der Waals surface area contributed by atoms with E-state index in [0.29, 0.717) is 29.0 Å². The number of hydrogen-bond donors (Lipinski definition) is 0. The SMILES string of the molecule is Clc1ccc(N=Cc2cc(Br)c(N3CCOCC3)o2)cc1Cl. The van der Waals surface area contributed by atoms with Gasteiger partial charge in [0.1, 0.15) is 5.76 Å². The summed E-state index contributed by atoms with van der Waals surface area (Å²) in [5.74, 6) is 1.47. The summed E-state index contributed by atoms with van der Waals surface area (Å²) in [6.07, 6.45) is 1.66. The Morgan fingerprint density at radius 2 is 1.91 bits per heavy atom. The molecule has 1 aromatic heterocycles. The number of aliphatic imine (C=N–C) groups is 1. The second kappa shape index (κ2) is 7.04. The van der Waals surface area contributed by atoms with Gasteiger partial charge in [-0.2, -0.15) is 0 Å². The van der Waals surface area contributed by atoms with Crippen molar-refractivity contribution in [3.8, 4) is 0 Å². The minimum Gasteiger partial charge on any atom is -0.438 e. The van der Waals surface area contributed by atoms with Crippen molar-refractivity contribution in [1.29, 1.82) is 0 Å². The van der Waals surface area contributed by atoms with Crippen LogP contribution in [0.15, 0.2) is 38.1 Å². The Kier molecular flexibility index (Phi) is 5.08. The van der Waals surface area contributed by atoms with Crippen molar-refractivity contribution >= 4 is 56.9 Å². The van der Waals surface area contributed by atoms with Crippen molar-refractivity contribution in [1.82, 2.24) is 0 Å². The average molecular weight is 404 g/mol. The van der Waals surface area contributed by atoms with E-state index in [4.69, 9.17) is 32.4 Å². The molecule has 1 aliphatic rings. The number of morpholine rings is 1. The number of ether oxygens (including phenoxy) is 1. The molecule has 0 bridgehead atoms. The second-order valence-electron chi connectivity index (χ2n) is 4.76. The van der Waals surface area contributed by atoms with Gasteiger partial charge in [-0.25, -0.2) is 0 Å². The molecule has 2 aromatic rings. The summed E-state index contributed by atoms with van der Waals surface area (Å²) in [7, 11) is 0. The fourth-order valence-electron chi connectivity index (χ4n) is 2.13. The summed E-state index contributed by atoms with van der Waals surface area (Å²) in [5, 5.41) is 0.988. The summed E-state index contributed by atoms with van der Waals surface area (Å²) >= 11 is 15.4. The summed E-state index contributed by atoms with van der Waals surface area (Å²) in [5.41, 5.74) is 0.717. The molecule has 0 unspecified atom stereocenters. The van der Waals surface area contributed by atoms with E-state index in [1.54, 1.807) is 24.4 Å². The first-order valence-corrected chi connectivity index (χ1v) is 8.29. The first-order valence-electron chi connectivity index (χ1n) is 6.74. The minimum atomic E-state index is 0.478. The maximum absolute atomic E-state index is 5.97. The minimum absolute atomic E-state index is 0.478. The number of halogens is 3. The second-order valence-corrected chi connectivity index (χ2v) is 6.43. The van der Waals surface area contributed by atoms with Gasteiger partial charge in [-0.1, -0.05) is 23.2 Å². The van der Waals surface area contributed by atoms with Gasteiger partial charge in [0.15, 0.2) is 0 Å². The van der Waals surface area contributed by atoms with Crippen LogP contribution in [0.25, 0.3) is 0 Å². The van der Waals surface area contributed by atoms with E-state index in [1.165, 1.54) is 0 Å². The number of rotatable bonds is 3. The molecule has 1 fully saturated rings. The van der Waals surface area contributed by atoms with Gasteiger partial charge < -0.3 is 14.1 Å². The van der Waals surface area contributed by atoms with Crippen LogP contribution in [-0.2, 0) is 4.74 Å². The fraction of sp³-hybridized carbons (Fsp3) is 0.267. The molecule has 1 saturated heterocycles. The molecule has 0 saturated carbocycles. The predicted molar refractivity (Wildman–Crippen MR) is 93.2 cm³/mol. The van der Waals surface area contributed by atoms with Gasteiger partial charge in [-0.05, 0) is 34.1 Å². The van der Waals surface area contributed by atoms with Crippen LogP contribution in [0, 0.1) is 0 Å². The van der Waals surface area contributed by atoms with E-state index < -0.39 is 0 Å². The van der Waals surface area contributed by atoms with Crippen LogP contribution in [-0.4, -0.2) is 32.5 Å². The molecule has 0 spiro atoms. The standard InChI is InChI=1S/C15H13BrCl2N2O2/c16-12-8-11(22-15(12)20-3-5-21-6-4-20)9-19-10-1-2-13(17)14(18)7-10/h1-2,7-9H,3-6H2. The lowest BCUT2D eigenvalue weighted by Gasteiger charge is -2.26. The maximum Gasteiger partial charge on any atom is 0.210 e. The fourth-order valence-corrected chi connectivity index (χ4v) is 2.98. The summed E-state index contributed by atoms with van der Waals surface area (Å²) in [4.78, 5) is 6.50. The topological polar surface area (TPSA) is 38.0 Å². The van der Waals surface area contributed by atoms with Crippen molar-refractivity contribution < 1.29 is 9.15 Å². The molecule has 0 radical (unpaired) electrons. The van der Waals surface area contributed by atoms with E-state index in [9.17, 15) is 0 Å². The largest absolute Gasteiger partial charge is 0.438 e. The predicted octanol–water partition coefficient (Wildman–Crippen LogP) is 4.94. The molecule has 3 rings (SSSR count). The van der Waals surface area contributed by atoms with Crippen molar-refractivity contribution in [2.75, 3.05) is 31.2 Å². The third kappa shape index (κ3) is 3.66. The zero-order valence-electron chi connectivity index (χ0n) is 11.6. The number of furan rings is 1. The van der Waals surface area contributed by atoms with Crippen LogP contribution in [0.4, 0.5) is 11.6 Å². The van der Waals surface area contributed by atoms with Gasteiger partial charge >= 0.3 is 0 Å². The smallest absolute Gasteiger partial charge is 0.210 e. The summed E-state index contributed by atoms with van der Waals surface area (Å²) in [6.45, 7) is 3.05. The molecule has 0 atom stereocenters. The van der Waals surface area contributed by atoms with E-state index in [1.807, 2.05) is 6.07 Å².